The molecule has 0 bridgehead atoms. The zero-order valence-electron chi connectivity index (χ0n) is 5.00. The molecule has 0 aliphatic rings. The van der Waals surface area contributed by atoms with Crippen molar-refractivity contribution >= 4 is 21.6 Å². The summed E-state index contributed by atoms with van der Waals surface area (Å²) in [5.41, 5.74) is 0.703. The summed E-state index contributed by atoms with van der Waals surface area (Å²) in [6.07, 6.45) is 1.60. The smallest absolute Gasteiger partial charge is 0.188 e. The molecule has 0 N–H and O–H groups in total. The van der Waals surface area contributed by atoms with Crippen molar-refractivity contribution < 1.29 is 4.42 Å². The molecule has 2 aromatic rings. The molecule has 10 heavy (non-hydrogen) atoms. The summed E-state index contributed by atoms with van der Waals surface area (Å²) >= 11 is 1.46. The van der Waals surface area contributed by atoms with Crippen LogP contribution in [0.3, 0.4) is 0 Å². The molecule has 0 amide bonds. The van der Waals surface area contributed by atoms with E-state index < -0.39 is 0 Å². The lowest BCUT2D eigenvalue weighted by Crippen LogP contribution is -1.60. The Morgan fingerprint density at radius 2 is 2.50 bits per heavy atom. The number of furan rings is 1. The maximum Gasteiger partial charge on any atom is 0.188 e. The molecule has 2 nitrogen and oxygen atoms in total. The van der Waals surface area contributed by atoms with Crippen LogP contribution < -0.4 is 0 Å². The van der Waals surface area contributed by atoms with Crippen molar-refractivity contribution in [1.29, 1.82) is 5.26 Å². The number of fused-ring (bicyclic) bond motifs is 1. The third kappa shape index (κ3) is 0.568. The number of nitriles is 1. The van der Waals surface area contributed by atoms with Gasteiger partial charge in [-0.25, -0.2) is 0 Å². The fourth-order valence-electron chi connectivity index (χ4n) is 0.849. The Balaban J connectivity index is 2.92. The highest BCUT2D eigenvalue weighted by Crippen LogP contribution is 2.25. The lowest BCUT2D eigenvalue weighted by atomic mass is 10.3. The van der Waals surface area contributed by atoms with Crippen LogP contribution in [-0.2, 0) is 0 Å². The van der Waals surface area contributed by atoms with Crippen molar-refractivity contribution in [2.75, 3.05) is 0 Å². The molecule has 2 rings (SSSR count). The van der Waals surface area contributed by atoms with Gasteiger partial charge in [-0.3, -0.25) is 0 Å². The van der Waals surface area contributed by atoms with Crippen LogP contribution in [0.25, 0.3) is 10.3 Å². The van der Waals surface area contributed by atoms with Gasteiger partial charge in [-0.1, -0.05) is 0 Å². The van der Waals surface area contributed by atoms with Gasteiger partial charge in [-0.2, -0.15) is 5.26 Å². The minimum Gasteiger partial charge on any atom is -0.454 e. The van der Waals surface area contributed by atoms with Crippen LogP contribution in [0.5, 0.6) is 0 Å². The van der Waals surface area contributed by atoms with E-state index in [0.29, 0.717) is 5.56 Å². The highest BCUT2D eigenvalue weighted by atomic mass is 32.1. The fourth-order valence-corrected chi connectivity index (χ4v) is 1.67. The maximum absolute atomic E-state index is 8.56. The molecule has 0 aliphatic heterocycles. The van der Waals surface area contributed by atoms with Crippen LogP contribution in [0, 0.1) is 11.3 Å². The van der Waals surface area contributed by atoms with Gasteiger partial charge in [0.1, 0.15) is 6.07 Å². The van der Waals surface area contributed by atoms with Gasteiger partial charge in [0.15, 0.2) is 4.90 Å². The fraction of sp³-hybridized carbons (Fsp3) is 0. The van der Waals surface area contributed by atoms with Crippen LogP contribution in [-0.4, -0.2) is 0 Å². The van der Waals surface area contributed by atoms with E-state index in [1.165, 1.54) is 11.3 Å². The number of hydrogen-bond acceptors (Lipinski definition) is 3. The lowest BCUT2D eigenvalue weighted by molar-refractivity contribution is 0.624. The molecule has 0 atom stereocenters. The van der Waals surface area contributed by atoms with Crippen molar-refractivity contribution in [2.45, 2.75) is 0 Å². The molecule has 0 fully saturated rings. The third-order valence-electron chi connectivity index (χ3n) is 1.32. The standard InChI is InChI=1S/C7H3NOS/c8-3-5-4-10-7-6(5)1-2-9-7/h1-2,4H. The highest BCUT2D eigenvalue weighted by Gasteiger charge is 2.03. The van der Waals surface area contributed by atoms with Crippen molar-refractivity contribution in [3.63, 3.8) is 0 Å². The summed E-state index contributed by atoms with van der Waals surface area (Å²) in [6, 6.07) is 3.90. The molecule has 48 valence electrons. The minimum atomic E-state index is 0.703. The summed E-state index contributed by atoms with van der Waals surface area (Å²) in [7, 11) is 0. The van der Waals surface area contributed by atoms with E-state index in [4.69, 9.17) is 9.68 Å². The van der Waals surface area contributed by atoms with Gasteiger partial charge in [-0.05, 0) is 6.07 Å². The van der Waals surface area contributed by atoms with E-state index in [1.807, 2.05) is 6.07 Å². The van der Waals surface area contributed by atoms with Crippen LogP contribution in [0.1, 0.15) is 5.56 Å². The largest absolute Gasteiger partial charge is 0.454 e. The molecule has 0 unspecified atom stereocenters. The number of rotatable bonds is 0. The van der Waals surface area contributed by atoms with Gasteiger partial charge < -0.3 is 4.42 Å². The first-order valence-electron chi connectivity index (χ1n) is 2.76. The second-order valence-corrected chi connectivity index (χ2v) is 2.73. The molecule has 0 saturated heterocycles. The molecule has 2 aromatic heterocycles. The zero-order valence-corrected chi connectivity index (χ0v) is 5.81. The van der Waals surface area contributed by atoms with Crippen molar-refractivity contribution in [3.05, 3.63) is 23.3 Å². The first-order chi connectivity index (χ1) is 4.92. The normalized spacial score (nSPS) is 9.90. The Hall–Kier alpha value is -1.27. The molecule has 0 aromatic carbocycles. The molecule has 0 saturated carbocycles. The number of hydrogen-bond donors (Lipinski definition) is 0. The maximum atomic E-state index is 8.56. The predicted molar refractivity (Wildman–Crippen MR) is 38.8 cm³/mol. The number of thiophene rings is 1. The topological polar surface area (TPSA) is 36.9 Å². The van der Waals surface area contributed by atoms with Crippen molar-refractivity contribution in [2.24, 2.45) is 0 Å². The molecule has 0 aliphatic carbocycles. The van der Waals surface area contributed by atoms with E-state index in [-0.39, 0.29) is 0 Å². The van der Waals surface area contributed by atoms with Gasteiger partial charge >= 0.3 is 0 Å². The van der Waals surface area contributed by atoms with Gasteiger partial charge in [0, 0.05) is 10.8 Å². The first-order valence-corrected chi connectivity index (χ1v) is 3.64. The second-order valence-electron chi connectivity index (χ2n) is 1.88. The Morgan fingerprint density at radius 3 is 3.30 bits per heavy atom. The third-order valence-corrected chi connectivity index (χ3v) is 2.21. The van der Waals surface area contributed by atoms with Crippen LogP contribution in [0.15, 0.2) is 22.1 Å². The lowest BCUT2D eigenvalue weighted by Gasteiger charge is -1.71. The summed E-state index contributed by atoms with van der Waals surface area (Å²) in [5, 5.41) is 11.3. The van der Waals surface area contributed by atoms with E-state index in [2.05, 4.69) is 6.07 Å². The van der Waals surface area contributed by atoms with Gasteiger partial charge in [-0.15, -0.1) is 11.3 Å². The summed E-state index contributed by atoms with van der Waals surface area (Å²) in [4.78, 5) is 0.830. The second kappa shape index (κ2) is 1.86. The molecular weight excluding hydrogens is 146 g/mol. The molecule has 0 radical (unpaired) electrons. The van der Waals surface area contributed by atoms with Crippen molar-refractivity contribution in [1.82, 2.24) is 0 Å². The quantitative estimate of drug-likeness (QED) is 0.576. The van der Waals surface area contributed by atoms with E-state index >= 15 is 0 Å². The van der Waals surface area contributed by atoms with Crippen molar-refractivity contribution in [3.8, 4) is 6.07 Å². The van der Waals surface area contributed by atoms with Crippen LogP contribution in [0.2, 0.25) is 0 Å². The van der Waals surface area contributed by atoms with Gasteiger partial charge in [0.05, 0.1) is 11.8 Å². The average Bonchev–Trinajstić information content (AvgIpc) is 2.44. The van der Waals surface area contributed by atoms with Gasteiger partial charge in [0.25, 0.3) is 0 Å². The Labute approximate surface area is 61.3 Å². The van der Waals surface area contributed by atoms with Gasteiger partial charge in [0.2, 0.25) is 0 Å². The highest BCUT2D eigenvalue weighted by molar-refractivity contribution is 7.16. The number of nitrogens with zero attached hydrogens (tertiary/aromatic N) is 1. The SMILES string of the molecule is N#Cc1csc2occc12. The van der Waals surface area contributed by atoms with Crippen LogP contribution in [0.4, 0.5) is 0 Å². The first kappa shape index (κ1) is 5.51. The van der Waals surface area contributed by atoms with E-state index in [9.17, 15) is 0 Å². The van der Waals surface area contributed by atoms with E-state index in [1.54, 1.807) is 11.6 Å². The molecule has 3 heteroatoms. The Morgan fingerprint density at radius 1 is 1.60 bits per heavy atom. The predicted octanol–water partition coefficient (Wildman–Crippen LogP) is 2.37. The Bertz CT molecular complexity index is 393. The monoisotopic (exact) mass is 149 g/mol. The molecule has 2 heterocycles. The zero-order chi connectivity index (χ0) is 6.97. The van der Waals surface area contributed by atoms with E-state index in [0.717, 1.165) is 10.3 Å². The van der Waals surface area contributed by atoms with Crippen LogP contribution >= 0.6 is 11.3 Å². The molecule has 0 spiro atoms. The summed E-state index contributed by atoms with van der Waals surface area (Å²) in [5.74, 6) is 0. The average molecular weight is 149 g/mol. The Kier molecular flexibility index (Phi) is 1.02. The summed E-state index contributed by atoms with van der Waals surface area (Å²) < 4.78 is 5.07. The molecular formula is C7H3NOS. The minimum absolute atomic E-state index is 0.703. The summed E-state index contributed by atoms with van der Waals surface area (Å²) in [6.45, 7) is 0.